The molecule has 2 aromatic carbocycles. The van der Waals surface area contributed by atoms with E-state index in [-0.39, 0.29) is 18.8 Å². The van der Waals surface area contributed by atoms with Gasteiger partial charge in [-0.3, -0.25) is 0 Å². The summed E-state index contributed by atoms with van der Waals surface area (Å²) in [5.41, 5.74) is 0.682. The molecule has 0 aliphatic carbocycles. The van der Waals surface area contributed by atoms with Gasteiger partial charge in [-0.1, -0.05) is 0 Å². The summed E-state index contributed by atoms with van der Waals surface area (Å²) in [6, 6.07) is 14.5. The van der Waals surface area contributed by atoms with Crippen molar-refractivity contribution in [2.24, 2.45) is 0 Å². The van der Waals surface area contributed by atoms with Gasteiger partial charge in [0.1, 0.15) is 17.9 Å². The summed E-state index contributed by atoms with van der Waals surface area (Å²) < 4.78 is 45.4. The monoisotopic (exact) mass is 450 g/mol. The Morgan fingerprint density at radius 1 is 1.12 bits per heavy atom. The van der Waals surface area contributed by atoms with Crippen LogP contribution in [0.5, 0.6) is 5.75 Å². The number of alkyl halides is 3. The maximum Gasteiger partial charge on any atom is 0.417 e. The zero-order valence-electron chi connectivity index (χ0n) is 17.4. The van der Waals surface area contributed by atoms with Crippen LogP contribution in [0.3, 0.4) is 0 Å². The van der Waals surface area contributed by atoms with Gasteiger partial charge in [-0.05, 0) is 42.5 Å². The zero-order chi connectivity index (χ0) is 23.6. The summed E-state index contributed by atoms with van der Waals surface area (Å²) in [6.07, 6.45) is -3.32. The molecule has 1 aromatic heterocycles. The van der Waals surface area contributed by atoms with Gasteiger partial charge >= 0.3 is 6.18 Å². The number of methoxy groups -OCH3 is 1. The predicted molar refractivity (Wildman–Crippen MR) is 114 cm³/mol. The Labute approximate surface area is 187 Å². The van der Waals surface area contributed by atoms with E-state index >= 15 is 0 Å². The largest absolute Gasteiger partial charge is 0.497 e. The number of nitriles is 2. The highest BCUT2D eigenvalue weighted by molar-refractivity contribution is 5.65. The normalized spacial score (nSPS) is 15.2. The van der Waals surface area contributed by atoms with Crippen molar-refractivity contribution in [3.63, 3.8) is 0 Å². The number of nitrogens with zero attached hydrogens (tertiary/aromatic N) is 5. The maximum atomic E-state index is 13.4. The summed E-state index contributed by atoms with van der Waals surface area (Å²) in [4.78, 5) is 10.2. The Morgan fingerprint density at radius 3 is 2.52 bits per heavy atom. The number of anilines is 3. The van der Waals surface area contributed by atoms with Crippen molar-refractivity contribution in [1.29, 1.82) is 10.5 Å². The molecule has 1 atom stereocenters. The third-order valence-corrected chi connectivity index (χ3v) is 5.36. The van der Waals surface area contributed by atoms with Crippen molar-refractivity contribution in [2.45, 2.75) is 18.6 Å². The van der Waals surface area contributed by atoms with Crippen molar-refractivity contribution in [1.82, 2.24) is 9.97 Å². The molecule has 1 unspecified atom stereocenters. The highest BCUT2D eigenvalue weighted by Crippen LogP contribution is 2.38. The van der Waals surface area contributed by atoms with Crippen molar-refractivity contribution >= 4 is 17.2 Å². The molecule has 1 aliphatic heterocycles. The van der Waals surface area contributed by atoms with Crippen LogP contribution in [-0.2, 0) is 12.7 Å². The third-order valence-electron chi connectivity index (χ3n) is 5.36. The van der Waals surface area contributed by atoms with Gasteiger partial charge in [0.2, 0.25) is 0 Å². The fourth-order valence-corrected chi connectivity index (χ4v) is 3.75. The van der Waals surface area contributed by atoms with Gasteiger partial charge < -0.3 is 15.0 Å². The van der Waals surface area contributed by atoms with Crippen LogP contribution in [0.25, 0.3) is 0 Å². The van der Waals surface area contributed by atoms with E-state index in [0.29, 0.717) is 22.8 Å². The highest BCUT2D eigenvalue weighted by atomic mass is 19.4. The SMILES string of the molecule is COc1ccc(Nc2ncnc3c2C(C#N)CN(c2ccc(C#N)c(C(F)(F)F)c2)C3)cc1. The third kappa shape index (κ3) is 4.37. The number of fused-ring (bicyclic) bond motifs is 1. The van der Waals surface area contributed by atoms with Gasteiger partial charge in [-0.2, -0.15) is 23.7 Å². The van der Waals surface area contributed by atoms with Crippen molar-refractivity contribution in [2.75, 3.05) is 23.9 Å². The molecule has 0 spiro atoms. The molecule has 33 heavy (non-hydrogen) atoms. The van der Waals surface area contributed by atoms with E-state index < -0.39 is 23.2 Å². The molecule has 1 N–H and O–H groups in total. The minimum atomic E-state index is -4.67. The molecular weight excluding hydrogens is 433 g/mol. The van der Waals surface area contributed by atoms with Gasteiger partial charge in [0.05, 0.1) is 48.5 Å². The fourth-order valence-electron chi connectivity index (χ4n) is 3.75. The lowest BCUT2D eigenvalue weighted by molar-refractivity contribution is -0.137. The molecule has 3 aromatic rings. The number of hydrogen-bond acceptors (Lipinski definition) is 7. The summed E-state index contributed by atoms with van der Waals surface area (Å²) >= 11 is 0. The van der Waals surface area contributed by atoms with Crippen LogP contribution in [0.2, 0.25) is 0 Å². The van der Waals surface area contributed by atoms with Gasteiger partial charge in [-0.25, -0.2) is 9.97 Å². The van der Waals surface area contributed by atoms with Crippen LogP contribution in [0.15, 0.2) is 48.8 Å². The van der Waals surface area contributed by atoms with Crippen molar-refractivity contribution < 1.29 is 17.9 Å². The molecular formula is C23H17F3N6O. The van der Waals surface area contributed by atoms with Crippen LogP contribution in [0.1, 0.15) is 28.3 Å². The van der Waals surface area contributed by atoms with Gasteiger partial charge in [0, 0.05) is 23.5 Å². The molecule has 2 heterocycles. The second-order valence-electron chi connectivity index (χ2n) is 7.34. The number of aromatic nitrogens is 2. The number of ether oxygens (including phenoxy) is 1. The molecule has 0 fully saturated rings. The number of rotatable bonds is 4. The topological polar surface area (TPSA) is 97.9 Å². The minimum absolute atomic E-state index is 0.150. The van der Waals surface area contributed by atoms with E-state index in [1.807, 2.05) is 0 Å². The van der Waals surface area contributed by atoms with Crippen LogP contribution in [0, 0.1) is 22.7 Å². The number of hydrogen-bond donors (Lipinski definition) is 1. The molecule has 0 saturated carbocycles. The summed E-state index contributed by atoms with van der Waals surface area (Å²) in [6.45, 7) is 0.341. The molecule has 1 aliphatic rings. The van der Waals surface area contributed by atoms with E-state index in [2.05, 4.69) is 21.4 Å². The summed E-state index contributed by atoms with van der Waals surface area (Å²) in [5.74, 6) is 0.476. The van der Waals surface area contributed by atoms with E-state index in [1.165, 1.54) is 12.4 Å². The van der Waals surface area contributed by atoms with E-state index in [0.717, 1.165) is 17.8 Å². The quantitative estimate of drug-likeness (QED) is 0.613. The average Bonchev–Trinajstić information content (AvgIpc) is 2.83. The van der Waals surface area contributed by atoms with Crippen LogP contribution < -0.4 is 15.0 Å². The van der Waals surface area contributed by atoms with Gasteiger partial charge in [0.25, 0.3) is 0 Å². The fraction of sp³-hybridized carbons (Fsp3) is 0.217. The molecule has 0 bridgehead atoms. The Kier molecular flexibility index (Phi) is 5.76. The number of nitrogens with one attached hydrogen (secondary N) is 1. The van der Waals surface area contributed by atoms with E-state index in [1.54, 1.807) is 42.3 Å². The number of halogens is 3. The molecule has 7 nitrogen and oxygen atoms in total. The molecule has 0 saturated heterocycles. The first-order chi connectivity index (χ1) is 15.8. The van der Waals surface area contributed by atoms with E-state index in [9.17, 15) is 18.4 Å². The molecule has 166 valence electrons. The zero-order valence-corrected chi connectivity index (χ0v) is 17.4. The molecule has 10 heteroatoms. The molecule has 0 amide bonds. The lowest BCUT2D eigenvalue weighted by atomic mass is 9.93. The predicted octanol–water partition coefficient (Wildman–Crippen LogP) is 4.75. The van der Waals surface area contributed by atoms with Crippen molar-refractivity contribution in [3.8, 4) is 17.9 Å². The molecule has 4 rings (SSSR count). The number of benzene rings is 2. The Hall–Kier alpha value is -4.31. The Morgan fingerprint density at radius 2 is 1.88 bits per heavy atom. The lowest BCUT2D eigenvalue weighted by Crippen LogP contribution is -2.34. The first kappa shape index (κ1) is 21.9. The van der Waals surface area contributed by atoms with Crippen LogP contribution in [-0.4, -0.2) is 23.6 Å². The average molecular weight is 450 g/mol. The van der Waals surface area contributed by atoms with Gasteiger partial charge in [0.15, 0.2) is 0 Å². The standard InChI is InChI=1S/C23H17F3N6O/c1-33-18-6-3-16(4-7-18)31-22-21-15(10-28)11-32(12-20(21)29-13-30-22)17-5-2-14(9-27)19(8-17)23(24,25)26/h2-8,13,15H,11-12H2,1H3,(H,29,30,31). The van der Waals surface area contributed by atoms with Gasteiger partial charge in [-0.15, -0.1) is 0 Å². The first-order valence-corrected chi connectivity index (χ1v) is 9.84. The second-order valence-corrected chi connectivity index (χ2v) is 7.34. The van der Waals surface area contributed by atoms with Crippen LogP contribution in [0.4, 0.5) is 30.4 Å². The molecule has 0 radical (unpaired) electrons. The highest BCUT2D eigenvalue weighted by Gasteiger charge is 2.35. The lowest BCUT2D eigenvalue weighted by Gasteiger charge is -2.33. The van der Waals surface area contributed by atoms with Crippen molar-refractivity contribution in [3.05, 3.63) is 71.2 Å². The smallest absolute Gasteiger partial charge is 0.417 e. The summed E-state index contributed by atoms with van der Waals surface area (Å²) in [7, 11) is 1.57. The summed E-state index contributed by atoms with van der Waals surface area (Å²) in [5, 5.41) is 22.0. The van der Waals surface area contributed by atoms with E-state index in [4.69, 9.17) is 10.00 Å². The Balaban J connectivity index is 1.68. The first-order valence-electron chi connectivity index (χ1n) is 9.84. The Bertz CT molecular complexity index is 1260. The maximum absolute atomic E-state index is 13.4. The second kappa shape index (κ2) is 8.67. The minimum Gasteiger partial charge on any atom is -0.497 e. The van der Waals surface area contributed by atoms with Crippen LogP contribution >= 0.6 is 0 Å².